The fourth-order valence-electron chi connectivity index (χ4n) is 2.27. The quantitative estimate of drug-likeness (QED) is 0.638. The molecule has 6 heteroatoms. The number of aliphatic hydroxyl groups excluding tert-OH is 2. The summed E-state index contributed by atoms with van der Waals surface area (Å²) < 4.78 is 5.18. The first-order valence-corrected chi connectivity index (χ1v) is 8.30. The van der Waals surface area contributed by atoms with Crippen LogP contribution in [0.3, 0.4) is 0 Å². The molecule has 0 aliphatic carbocycles. The Hall–Kier alpha value is -1.14. The summed E-state index contributed by atoms with van der Waals surface area (Å²) >= 11 is 0. The number of aliphatic carboxylic acids is 1. The van der Waals surface area contributed by atoms with Gasteiger partial charge in [0.25, 0.3) is 0 Å². The molecule has 3 N–H and O–H groups in total. The highest BCUT2D eigenvalue weighted by Gasteiger charge is 2.27. The van der Waals surface area contributed by atoms with Crippen LogP contribution in [0.25, 0.3) is 0 Å². The average molecular weight is 348 g/mol. The van der Waals surface area contributed by atoms with Gasteiger partial charge in [-0.2, -0.15) is 0 Å². The molecule has 0 amide bonds. The maximum absolute atomic E-state index is 11.0. The van der Waals surface area contributed by atoms with Crippen molar-refractivity contribution in [3.63, 3.8) is 0 Å². The first kappa shape index (κ1) is 25.1. The number of ether oxygens (including phenoxy) is 1. The molecule has 1 saturated heterocycles. The SMILES string of the molecule is C.CC(C)C(O)CC(O)CC(=O)O.CC1CC(=O)O[C@H](C(C)C)C1. The van der Waals surface area contributed by atoms with Crippen molar-refractivity contribution in [2.75, 3.05) is 0 Å². The van der Waals surface area contributed by atoms with Crippen molar-refractivity contribution in [2.45, 2.75) is 86.0 Å². The maximum Gasteiger partial charge on any atom is 0.306 e. The molecule has 1 heterocycles. The van der Waals surface area contributed by atoms with E-state index in [-0.39, 0.29) is 38.3 Å². The Morgan fingerprint density at radius 1 is 1.25 bits per heavy atom. The minimum atomic E-state index is -1.04. The Balaban J connectivity index is 0. The summed E-state index contributed by atoms with van der Waals surface area (Å²) in [6, 6.07) is 0. The Labute approximate surface area is 146 Å². The first-order chi connectivity index (χ1) is 10.5. The molecule has 24 heavy (non-hydrogen) atoms. The van der Waals surface area contributed by atoms with Crippen LogP contribution in [0.2, 0.25) is 0 Å². The zero-order valence-electron chi connectivity index (χ0n) is 14.9. The fraction of sp³-hybridized carbons (Fsp3) is 0.889. The Morgan fingerprint density at radius 2 is 1.79 bits per heavy atom. The van der Waals surface area contributed by atoms with Crippen molar-refractivity contribution in [1.29, 1.82) is 0 Å². The third-order valence-corrected chi connectivity index (χ3v) is 3.87. The van der Waals surface area contributed by atoms with Crippen LogP contribution < -0.4 is 0 Å². The number of hydrogen-bond acceptors (Lipinski definition) is 5. The number of carbonyl (C=O) groups excluding carboxylic acids is 1. The Bertz CT molecular complexity index is 367. The molecule has 3 unspecified atom stereocenters. The molecular weight excluding hydrogens is 312 g/mol. The van der Waals surface area contributed by atoms with Gasteiger partial charge in [-0.3, -0.25) is 9.59 Å². The van der Waals surface area contributed by atoms with Gasteiger partial charge >= 0.3 is 11.9 Å². The first-order valence-electron chi connectivity index (χ1n) is 8.30. The zero-order chi connectivity index (χ0) is 18.2. The number of rotatable bonds is 6. The minimum Gasteiger partial charge on any atom is -0.481 e. The van der Waals surface area contributed by atoms with Crippen LogP contribution >= 0.6 is 0 Å². The lowest BCUT2D eigenvalue weighted by atomic mass is 9.91. The van der Waals surface area contributed by atoms with Gasteiger partial charge in [0.2, 0.25) is 0 Å². The van der Waals surface area contributed by atoms with Crippen molar-refractivity contribution in [2.24, 2.45) is 17.8 Å². The van der Waals surface area contributed by atoms with Gasteiger partial charge in [0, 0.05) is 12.8 Å². The summed E-state index contributed by atoms with van der Waals surface area (Å²) in [5, 5.41) is 26.6. The summed E-state index contributed by atoms with van der Waals surface area (Å²) in [6.07, 6.45) is 0.0471. The normalized spacial score (nSPS) is 22.8. The van der Waals surface area contributed by atoms with Crippen LogP contribution in [0.5, 0.6) is 0 Å². The standard InChI is InChI=1S/C9H16O2.C8H16O4.CH4/c1-6(2)8-4-7(3)5-9(10)11-8;1-5(2)7(10)3-6(9)4-8(11)12;/h6-8H,4-5H2,1-3H3;5-7,9-10H,3-4H2,1-2H3,(H,11,12);1H4/t7?,8-;;/m0../s1. The summed E-state index contributed by atoms with van der Waals surface area (Å²) in [4.78, 5) is 21.1. The van der Waals surface area contributed by atoms with E-state index in [1.165, 1.54) is 0 Å². The third-order valence-electron chi connectivity index (χ3n) is 3.87. The summed E-state index contributed by atoms with van der Waals surface area (Å²) in [6.45, 7) is 9.93. The van der Waals surface area contributed by atoms with Crippen LogP contribution in [0.15, 0.2) is 0 Å². The van der Waals surface area contributed by atoms with E-state index in [1.54, 1.807) is 0 Å². The minimum absolute atomic E-state index is 0. The van der Waals surface area contributed by atoms with E-state index in [4.69, 9.17) is 14.9 Å². The van der Waals surface area contributed by atoms with Crippen LogP contribution in [-0.2, 0) is 14.3 Å². The molecule has 1 aliphatic heterocycles. The highest BCUT2D eigenvalue weighted by Crippen LogP contribution is 2.24. The highest BCUT2D eigenvalue weighted by atomic mass is 16.5. The summed E-state index contributed by atoms with van der Waals surface area (Å²) in [7, 11) is 0. The van der Waals surface area contributed by atoms with E-state index in [2.05, 4.69) is 20.8 Å². The van der Waals surface area contributed by atoms with E-state index in [0.29, 0.717) is 18.3 Å². The maximum atomic E-state index is 11.0. The predicted octanol–water partition coefficient (Wildman–Crippen LogP) is 2.85. The lowest BCUT2D eigenvalue weighted by molar-refractivity contribution is -0.159. The lowest BCUT2D eigenvalue weighted by Crippen LogP contribution is -2.31. The van der Waals surface area contributed by atoms with E-state index in [1.807, 2.05) is 13.8 Å². The molecule has 6 nitrogen and oxygen atoms in total. The molecule has 0 saturated carbocycles. The molecule has 4 atom stereocenters. The second kappa shape index (κ2) is 12.3. The average Bonchev–Trinajstić information content (AvgIpc) is 2.36. The molecule has 1 rings (SSSR count). The molecule has 0 radical (unpaired) electrons. The third kappa shape index (κ3) is 11.4. The van der Waals surface area contributed by atoms with Gasteiger partial charge in [-0.25, -0.2) is 0 Å². The van der Waals surface area contributed by atoms with Crippen molar-refractivity contribution in [3.05, 3.63) is 0 Å². The van der Waals surface area contributed by atoms with Gasteiger partial charge in [-0.1, -0.05) is 42.0 Å². The van der Waals surface area contributed by atoms with Crippen molar-refractivity contribution >= 4 is 11.9 Å². The van der Waals surface area contributed by atoms with E-state index >= 15 is 0 Å². The number of carbonyl (C=O) groups is 2. The predicted molar refractivity (Wildman–Crippen MR) is 93.6 cm³/mol. The zero-order valence-corrected chi connectivity index (χ0v) is 14.9. The summed E-state index contributed by atoms with van der Waals surface area (Å²) in [5.74, 6) is -0.0558. The van der Waals surface area contributed by atoms with Crippen molar-refractivity contribution in [1.82, 2.24) is 0 Å². The van der Waals surface area contributed by atoms with Crippen LogP contribution in [-0.4, -0.2) is 45.6 Å². The molecule has 0 aromatic heterocycles. The van der Waals surface area contributed by atoms with Gasteiger partial charge in [0.05, 0.1) is 18.6 Å². The smallest absolute Gasteiger partial charge is 0.306 e. The number of carboxylic acids is 1. The molecule has 0 spiro atoms. The topological polar surface area (TPSA) is 104 Å². The lowest BCUT2D eigenvalue weighted by Gasteiger charge is -2.29. The van der Waals surface area contributed by atoms with E-state index < -0.39 is 18.2 Å². The van der Waals surface area contributed by atoms with Gasteiger partial charge < -0.3 is 20.1 Å². The number of aliphatic hydroxyl groups is 2. The van der Waals surface area contributed by atoms with Gasteiger partial charge in [0.1, 0.15) is 6.10 Å². The molecule has 1 aliphatic rings. The number of hydrogen-bond donors (Lipinski definition) is 3. The molecule has 0 bridgehead atoms. The monoisotopic (exact) mass is 348 g/mol. The number of cyclic esters (lactones) is 1. The van der Waals surface area contributed by atoms with Crippen LogP contribution in [0, 0.1) is 17.8 Å². The Kier molecular flexibility index (Phi) is 12.8. The molecule has 1 fully saturated rings. The van der Waals surface area contributed by atoms with Crippen LogP contribution in [0.1, 0.15) is 67.7 Å². The number of carboxylic acid groups (broad SMARTS) is 1. The molecule has 0 aromatic carbocycles. The van der Waals surface area contributed by atoms with Crippen molar-refractivity contribution in [3.8, 4) is 0 Å². The van der Waals surface area contributed by atoms with Gasteiger partial charge in [0.15, 0.2) is 0 Å². The Morgan fingerprint density at radius 3 is 2.17 bits per heavy atom. The van der Waals surface area contributed by atoms with Crippen LogP contribution in [0.4, 0.5) is 0 Å². The van der Waals surface area contributed by atoms with E-state index in [9.17, 15) is 14.7 Å². The second-order valence-electron chi connectivity index (χ2n) is 7.12. The highest BCUT2D eigenvalue weighted by molar-refractivity contribution is 5.70. The molecule has 144 valence electrons. The second-order valence-corrected chi connectivity index (χ2v) is 7.12. The van der Waals surface area contributed by atoms with Gasteiger partial charge in [-0.05, 0) is 24.2 Å². The fourth-order valence-corrected chi connectivity index (χ4v) is 2.27. The van der Waals surface area contributed by atoms with Crippen molar-refractivity contribution < 1.29 is 29.6 Å². The van der Waals surface area contributed by atoms with E-state index in [0.717, 1.165) is 6.42 Å². The number of esters is 1. The molecular formula is C18H36O6. The summed E-state index contributed by atoms with van der Waals surface area (Å²) in [5.41, 5.74) is 0. The molecule has 0 aromatic rings. The van der Waals surface area contributed by atoms with Gasteiger partial charge in [-0.15, -0.1) is 0 Å². The largest absolute Gasteiger partial charge is 0.481 e.